The van der Waals surface area contributed by atoms with Gasteiger partial charge in [-0.2, -0.15) is 0 Å². The van der Waals surface area contributed by atoms with Gasteiger partial charge in [-0.05, 0) is 12.8 Å². The van der Waals surface area contributed by atoms with Crippen LogP contribution in [0.4, 0.5) is 0 Å². The second kappa shape index (κ2) is 5.13. The van der Waals surface area contributed by atoms with Crippen LogP contribution in [0, 0.1) is 5.92 Å². The van der Waals surface area contributed by atoms with E-state index in [0.717, 1.165) is 12.8 Å². The van der Waals surface area contributed by atoms with E-state index >= 15 is 0 Å². The Kier molecular flexibility index (Phi) is 3.58. The Bertz CT molecular complexity index is 418. The van der Waals surface area contributed by atoms with E-state index in [9.17, 15) is 4.79 Å². The minimum Gasteiger partial charge on any atom is -0.409 e. The number of nitrogens with zero attached hydrogens (tertiary/aromatic N) is 3. The predicted octanol–water partition coefficient (Wildman–Crippen LogP) is 0.742. The van der Waals surface area contributed by atoms with Gasteiger partial charge in [-0.3, -0.25) is 4.79 Å². The molecule has 1 amide bonds. The first-order chi connectivity index (χ1) is 8.22. The number of hydrogen-bond donors (Lipinski definition) is 2. The lowest BCUT2D eigenvalue weighted by Crippen LogP contribution is -2.44. The number of rotatable bonds is 2. The molecule has 0 bridgehead atoms. The zero-order valence-corrected chi connectivity index (χ0v) is 10.1. The number of oxime groups is 1. The molecule has 17 heavy (non-hydrogen) atoms. The summed E-state index contributed by atoms with van der Waals surface area (Å²) in [7, 11) is 0. The maximum atomic E-state index is 12.0. The zero-order valence-electron chi connectivity index (χ0n) is 9.24. The van der Waals surface area contributed by atoms with E-state index in [4.69, 9.17) is 10.9 Å². The number of carbonyl (C=O) groups excluding carboxylic acids is 1. The van der Waals surface area contributed by atoms with Gasteiger partial charge in [0.15, 0.2) is 0 Å². The summed E-state index contributed by atoms with van der Waals surface area (Å²) in [6, 6.07) is 0. The van der Waals surface area contributed by atoms with Crippen LogP contribution < -0.4 is 5.73 Å². The van der Waals surface area contributed by atoms with Gasteiger partial charge in [0.05, 0.1) is 5.51 Å². The smallest absolute Gasteiger partial charge is 0.273 e. The van der Waals surface area contributed by atoms with Crippen molar-refractivity contribution in [2.75, 3.05) is 13.1 Å². The van der Waals surface area contributed by atoms with Gasteiger partial charge in [0.1, 0.15) is 11.5 Å². The van der Waals surface area contributed by atoms with Gasteiger partial charge in [-0.25, -0.2) is 4.98 Å². The van der Waals surface area contributed by atoms with Crippen LogP contribution >= 0.6 is 11.3 Å². The molecule has 0 aromatic carbocycles. The third-order valence-electron chi connectivity index (χ3n) is 2.89. The first-order valence-corrected chi connectivity index (χ1v) is 6.31. The molecule has 1 aromatic rings. The molecule has 1 saturated heterocycles. The lowest BCUT2D eigenvalue weighted by atomic mass is 9.97. The fourth-order valence-electron chi connectivity index (χ4n) is 1.96. The van der Waals surface area contributed by atoms with Crippen LogP contribution in [0.25, 0.3) is 0 Å². The highest BCUT2D eigenvalue weighted by atomic mass is 32.1. The summed E-state index contributed by atoms with van der Waals surface area (Å²) in [6.45, 7) is 1.19. The summed E-state index contributed by atoms with van der Waals surface area (Å²) in [5, 5.41) is 13.4. The highest BCUT2D eigenvalue weighted by molar-refractivity contribution is 7.07. The van der Waals surface area contributed by atoms with Gasteiger partial charge >= 0.3 is 0 Å². The Morgan fingerprint density at radius 2 is 2.53 bits per heavy atom. The van der Waals surface area contributed by atoms with E-state index in [1.165, 1.54) is 11.3 Å². The molecule has 7 heteroatoms. The van der Waals surface area contributed by atoms with Gasteiger partial charge in [0.2, 0.25) is 0 Å². The fourth-order valence-corrected chi connectivity index (χ4v) is 2.49. The number of nitrogens with two attached hydrogens (primary N) is 1. The van der Waals surface area contributed by atoms with E-state index in [1.54, 1.807) is 15.8 Å². The van der Waals surface area contributed by atoms with Crippen molar-refractivity contribution in [2.45, 2.75) is 12.8 Å². The van der Waals surface area contributed by atoms with Crippen molar-refractivity contribution >= 4 is 23.1 Å². The molecule has 2 rings (SSSR count). The van der Waals surface area contributed by atoms with E-state index in [-0.39, 0.29) is 17.7 Å². The predicted molar refractivity (Wildman–Crippen MR) is 64.2 cm³/mol. The van der Waals surface area contributed by atoms with Crippen LogP contribution in [0.3, 0.4) is 0 Å². The maximum absolute atomic E-state index is 12.0. The first kappa shape index (κ1) is 11.8. The Morgan fingerprint density at radius 3 is 3.18 bits per heavy atom. The molecular formula is C10H14N4O2S. The van der Waals surface area contributed by atoms with Crippen LogP contribution in [0.2, 0.25) is 0 Å². The summed E-state index contributed by atoms with van der Waals surface area (Å²) in [5.41, 5.74) is 7.68. The number of amides is 1. The zero-order chi connectivity index (χ0) is 12.3. The lowest BCUT2D eigenvalue weighted by Gasteiger charge is -2.31. The van der Waals surface area contributed by atoms with Crippen LogP contribution in [-0.2, 0) is 0 Å². The topological polar surface area (TPSA) is 91.8 Å². The fraction of sp³-hybridized carbons (Fsp3) is 0.500. The average Bonchev–Trinajstić information content (AvgIpc) is 2.91. The summed E-state index contributed by atoms with van der Waals surface area (Å²) in [4.78, 5) is 17.8. The van der Waals surface area contributed by atoms with Crippen molar-refractivity contribution in [1.82, 2.24) is 9.88 Å². The minimum absolute atomic E-state index is 0.0589. The van der Waals surface area contributed by atoms with Crippen LogP contribution in [0.1, 0.15) is 23.3 Å². The molecule has 3 N–H and O–H groups in total. The lowest BCUT2D eigenvalue weighted by molar-refractivity contribution is 0.0696. The Hall–Kier alpha value is -1.63. The third kappa shape index (κ3) is 2.55. The van der Waals surface area contributed by atoms with Crippen LogP contribution in [-0.4, -0.2) is 39.9 Å². The third-order valence-corrected chi connectivity index (χ3v) is 3.48. The minimum atomic E-state index is -0.0818. The van der Waals surface area contributed by atoms with Gasteiger partial charge in [0, 0.05) is 24.4 Å². The molecule has 6 nitrogen and oxygen atoms in total. The van der Waals surface area contributed by atoms with E-state index in [0.29, 0.717) is 18.8 Å². The monoisotopic (exact) mass is 254 g/mol. The standard InChI is InChI=1S/C10H14N4O2S/c11-9(13-16)7-2-1-3-14(4-7)10(15)8-5-17-6-12-8/h5-7,16H,1-4H2,(H2,11,13). The molecule has 0 radical (unpaired) electrons. The SMILES string of the molecule is NC(=NO)C1CCCN(C(=O)c2cscn2)C1. The maximum Gasteiger partial charge on any atom is 0.273 e. The molecular weight excluding hydrogens is 240 g/mol. The Balaban J connectivity index is 2.05. The number of likely N-dealkylation sites (tertiary alicyclic amines) is 1. The largest absolute Gasteiger partial charge is 0.409 e. The van der Waals surface area contributed by atoms with Gasteiger partial charge < -0.3 is 15.8 Å². The van der Waals surface area contributed by atoms with Gasteiger partial charge in [0.25, 0.3) is 5.91 Å². The molecule has 0 aliphatic carbocycles. The molecule has 1 fully saturated rings. The summed E-state index contributed by atoms with van der Waals surface area (Å²) in [6.07, 6.45) is 1.70. The van der Waals surface area contributed by atoms with Crippen LogP contribution in [0.15, 0.2) is 16.0 Å². The van der Waals surface area contributed by atoms with Gasteiger partial charge in [-0.15, -0.1) is 11.3 Å². The second-order valence-corrected chi connectivity index (χ2v) is 4.71. The second-order valence-electron chi connectivity index (χ2n) is 3.99. The first-order valence-electron chi connectivity index (χ1n) is 5.37. The molecule has 0 spiro atoms. The van der Waals surface area contributed by atoms with E-state index in [2.05, 4.69) is 10.1 Å². The molecule has 1 aliphatic rings. The van der Waals surface area contributed by atoms with Crippen molar-refractivity contribution in [2.24, 2.45) is 16.8 Å². The molecule has 1 aliphatic heterocycles. The van der Waals surface area contributed by atoms with Crippen molar-refractivity contribution in [3.63, 3.8) is 0 Å². The number of hydrogen-bond acceptors (Lipinski definition) is 5. The molecule has 2 heterocycles. The number of amidine groups is 1. The highest BCUT2D eigenvalue weighted by Gasteiger charge is 2.27. The number of piperidine rings is 1. The van der Waals surface area contributed by atoms with Crippen molar-refractivity contribution in [1.29, 1.82) is 0 Å². The Labute approximate surface area is 103 Å². The Morgan fingerprint density at radius 1 is 1.71 bits per heavy atom. The van der Waals surface area contributed by atoms with E-state index in [1.807, 2.05) is 0 Å². The highest BCUT2D eigenvalue weighted by Crippen LogP contribution is 2.18. The average molecular weight is 254 g/mol. The quantitative estimate of drug-likeness (QED) is 0.352. The normalized spacial score (nSPS) is 21.5. The van der Waals surface area contributed by atoms with E-state index < -0.39 is 0 Å². The van der Waals surface area contributed by atoms with Gasteiger partial charge in [-0.1, -0.05) is 5.16 Å². The molecule has 1 atom stereocenters. The van der Waals surface area contributed by atoms with Crippen molar-refractivity contribution < 1.29 is 10.0 Å². The summed E-state index contributed by atoms with van der Waals surface area (Å²) >= 11 is 1.40. The van der Waals surface area contributed by atoms with Crippen LogP contribution in [0.5, 0.6) is 0 Å². The number of carbonyl (C=O) groups is 1. The van der Waals surface area contributed by atoms with Crippen molar-refractivity contribution in [3.05, 3.63) is 16.6 Å². The summed E-state index contributed by atoms with van der Waals surface area (Å²) < 4.78 is 0. The van der Waals surface area contributed by atoms with Crippen molar-refractivity contribution in [3.8, 4) is 0 Å². The number of aromatic nitrogens is 1. The summed E-state index contributed by atoms with van der Waals surface area (Å²) in [5.74, 6) is 0.0544. The molecule has 1 unspecified atom stereocenters. The molecule has 92 valence electrons. The molecule has 1 aromatic heterocycles. The number of thiazole rings is 1. The molecule has 0 saturated carbocycles.